The summed E-state index contributed by atoms with van der Waals surface area (Å²) in [5, 5.41) is 9.00. The van der Waals surface area contributed by atoms with Crippen molar-refractivity contribution in [1.29, 1.82) is 0 Å². The van der Waals surface area contributed by atoms with Crippen molar-refractivity contribution in [1.82, 2.24) is 9.88 Å². The first kappa shape index (κ1) is 27.2. The number of hydrogen-bond donors (Lipinski definition) is 1. The van der Waals surface area contributed by atoms with E-state index in [2.05, 4.69) is 175 Å². The molecule has 10 rings (SSSR count). The highest BCUT2D eigenvalue weighted by Crippen LogP contribution is 2.56. The second-order valence-electron chi connectivity index (χ2n) is 13.6. The predicted octanol–water partition coefficient (Wildman–Crippen LogP) is 11.0. The van der Waals surface area contributed by atoms with Gasteiger partial charge >= 0.3 is 0 Å². The molecule has 0 saturated heterocycles. The number of amidine groups is 1. The molecule has 1 aliphatic heterocycles. The molecule has 1 aromatic heterocycles. The van der Waals surface area contributed by atoms with Crippen molar-refractivity contribution in [2.45, 2.75) is 25.3 Å². The van der Waals surface area contributed by atoms with Gasteiger partial charge in [0.25, 0.3) is 0 Å². The lowest BCUT2D eigenvalue weighted by Crippen LogP contribution is -2.32. The summed E-state index contributed by atoms with van der Waals surface area (Å²) >= 11 is 0. The molecule has 7 aromatic carbocycles. The average Bonchev–Trinajstić information content (AvgIpc) is 3.61. The van der Waals surface area contributed by atoms with Crippen molar-refractivity contribution in [2.75, 3.05) is 0 Å². The minimum absolute atomic E-state index is 0.0347. The van der Waals surface area contributed by atoms with E-state index in [0.29, 0.717) is 0 Å². The van der Waals surface area contributed by atoms with Crippen LogP contribution in [0.1, 0.15) is 47.7 Å². The first-order chi connectivity index (χ1) is 23.6. The number of rotatable bonds is 3. The van der Waals surface area contributed by atoms with Crippen molar-refractivity contribution in [2.24, 2.45) is 4.99 Å². The minimum atomic E-state index is -0.103. The smallest absolute Gasteiger partial charge is 0.134 e. The van der Waals surface area contributed by atoms with Gasteiger partial charge in [0.1, 0.15) is 5.84 Å². The maximum Gasteiger partial charge on any atom is 0.134 e. The summed E-state index contributed by atoms with van der Waals surface area (Å²) in [5.41, 5.74) is 13.6. The normalized spacial score (nSPS) is 16.0. The zero-order chi connectivity index (χ0) is 32.0. The summed E-state index contributed by atoms with van der Waals surface area (Å²) in [5.74, 6) is 0.887. The number of aliphatic imine (C=N–C) groups is 1. The van der Waals surface area contributed by atoms with Gasteiger partial charge in [0.2, 0.25) is 0 Å². The molecule has 8 aromatic rings. The van der Waals surface area contributed by atoms with Crippen molar-refractivity contribution in [3.05, 3.63) is 179 Å². The van der Waals surface area contributed by atoms with Gasteiger partial charge in [0.05, 0.1) is 22.8 Å². The van der Waals surface area contributed by atoms with Crippen LogP contribution in [0.2, 0.25) is 0 Å². The monoisotopic (exact) mass is 615 g/mol. The van der Waals surface area contributed by atoms with Crippen LogP contribution >= 0.6 is 0 Å². The van der Waals surface area contributed by atoms with Crippen LogP contribution in [-0.4, -0.2) is 10.4 Å². The largest absolute Gasteiger partial charge is 0.359 e. The van der Waals surface area contributed by atoms with Gasteiger partial charge in [-0.15, -0.1) is 0 Å². The summed E-state index contributed by atoms with van der Waals surface area (Å²) in [7, 11) is 0. The molecule has 1 aliphatic carbocycles. The lowest BCUT2D eigenvalue weighted by Gasteiger charge is -2.27. The summed E-state index contributed by atoms with van der Waals surface area (Å²) in [6, 6.07) is 55.0. The number of nitrogens with zero attached hydrogens (tertiary/aromatic N) is 2. The van der Waals surface area contributed by atoms with Crippen LogP contribution in [0.3, 0.4) is 0 Å². The molecule has 1 N–H and O–H groups in total. The highest BCUT2D eigenvalue weighted by atomic mass is 15.1. The number of nitrogens with one attached hydrogen (secondary N) is 1. The zero-order valence-corrected chi connectivity index (χ0v) is 26.9. The van der Waals surface area contributed by atoms with Crippen LogP contribution < -0.4 is 5.32 Å². The molecule has 2 heterocycles. The topological polar surface area (TPSA) is 29.3 Å². The molecule has 0 amide bonds. The SMILES string of the molecule is CC1(C)c2ccccc2-c2c1c1ccccc1c1c2c2ccccc2n1-c1ccc(C2=Nc3ccccc3C(c3ccccc3)N2)cc1. The Labute approximate surface area is 279 Å². The van der Waals surface area contributed by atoms with Gasteiger partial charge in [0, 0.05) is 38.4 Å². The molecule has 3 heteroatoms. The molecule has 0 fully saturated rings. The first-order valence-corrected chi connectivity index (χ1v) is 16.8. The van der Waals surface area contributed by atoms with Gasteiger partial charge in [-0.05, 0) is 69.6 Å². The van der Waals surface area contributed by atoms with E-state index in [9.17, 15) is 0 Å². The van der Waals surface area contributed by atoms with Gasteiger partial charge in [-0.25, -0.2) is 4.99 Å². The van der Waals surface area contributed by atoms with Crippen molar-refractivity contribution >= 4 is 44.1 Å². The average molecular weight is 616 g/mol. The molecule has 0 spiro atoms. The Morgan fingerprint density at radius 3 is 2.12 bits per heavy atom. The van der Waals surface area contributed by atoms with Gasteiger partial charge in [0.15, 0.2) is 0 Å². The summed E-state index contributed by atoms with van der Waals surface area (Å²) in [6.45, 7) is 4.77. The van der Waals surface area contributed by atoms with E-state index in [1.54, 1.807) is 0 Å². The third kappa shape index (κ3) is 3.73. The van der Waals surface area contributed by atoms with Crippen LogP contribution in [0, 0.1) is 0 Å². The van der Waals surface area contributed by atoms with Gasteiger partial charge in [-0.3, -0.25) is 0 Å². The van der Waals surface area contributed by atoms with E-state index in [-0.39, 0.29) is 11.5 Å². The Balaban J connectivity index is 1.19. The fraction of sp³-hybridized carbons (Fsp3) is 0.0889. The van der Waals surface area contributed by atoms with E-state index < -0.39 is 0 Å². The Kier molecular flexibility index (Phi) is 5.69. The lowest BCUT2D eigenvalue weighted by molar-refractivity contribution is 0.666. The molecular weight excluding hydrogens is 583 g/mol. The molecule has 0 saturated carbocycles. The molecular formula is C45H33N3. The van der Waals surface area contributed by atoms with Crippen LogP contribution in [0.15, 0.2) is 157 Å². The number of para-hydroxylation sites is 2. The van der Waals surface area contributed by atoms with Crippen LogP contribution in [0.4, 0.5) is 5.69 Å². The third-order valence-corrected chi connectivity index (χ3v) is 10.6. The lowest BCUT2D eigenvalue weighted by atomic mass is 9.79. The fourth-order valence-corrected chi connectivity index (χ4v) is 8.51. The predicted molar refractivity (Wildman–Crippen MR) is 200 cm³/mol. The molecule has 228 valence electrons. The first-order valence-electron chi connectivity index (χ1n) is 16.8. The number of fused-ring (bicyclic) bond motifs is 11. The van der Waals surface area contributed by atoms with Gasteiger partial charge < -0.3 is 9.88 Å². The number of hydrogen-bond acceptors (Lipinski definition) is 2. The van der Waals surface area contributed by atoms with Gasteiger partial charge in [-0.2, -0.15) is 0 Å². The summed E-state index contributed by atoms with van der Waals surface area (Å²) < 4.78 is 2.48. The zero-order valence-electron chi connectivity index (χ0n) is 26.9. The standard InChI is InChI=1S/C45H33N3/c1-45(2)36-21-11-8-18-33(36)39-40-35-20-10-13-23-38(35)48(43(40)32-17-7-6-16-31(32)41(39)45)30-26-24-29(25-27-30)44-46-37-22-12-9-19-34(37)42(47-44)28-14-4-3-5-15-28/h3-27,42H,1-2H3,(H,46,47). The van der Waals surface area contributed by atoms with Crippen molar-refractivity contribution < 1.29 is 0 Å². The van der Waals surface area contributed by atoms with Crippen molar-refractivity contribution in [3.8, 4) is 16.8 Å². The second kappa shape index (κ2) is 10.0. The number of aromatic nitrogens is 1. The van der Waals surface area contributed by atoms with Crippen LogP contribution in [-0.2, 0) is 5.41 Å². The van der Waals surface area contributed by atoms with E-state index in [1.807, 2.05) is 0 Å². The maximum atomic E-state index is 5.10. The number of benzene rings is 7. The maximum absolute atomic E-state index is 5.10. The molecule has 0 radical (unpaired) electrons. The van der Waals surface area contributed by atoms with Crippen LogP contribution in [0.25, 0.3) is 49.4 Å². The van der Waals surface area contributed by atoms with Crippen LogP contribution in [0.5, 0.6) is 0 Å². The van der Waals surface area contributed by atoms with Crippen molar-refractivity contribution in [3.63, 3.8) is 0 Å². The molecule has 2 aliphatic rings. The molecule has 0 bridgehead atoms. The Morgan fingerprint density at radius 1 is 0.625 bits per heavy atom. The molecule has 1 atom stereocenters. The summed E-state index contributed by atoms with van der Waals surface area (Å²) in [6.07, 6.45) is 0. The Morgan fingerprint density at radius 2 is 1.29 bits per heavy atom. The molecule has 48 heavy (non-hydrogen) atoms. The quantitative estimate of drug-likeness (QED) is 0.210. The highest BCUT2D eigenvalue weighted by Gasteiger charge is 2.39. The molecule has 3 nitrogen and oxygen atoms in total. The molecule has 1 unspecified atom stereocenters. The Hall–Kier alpha value is -5.93. The third-order valence-electron chi connectivity index (χ3n) is 10.6. The van der Waals surface area contributed by atoms with E-state index >= 15 is 0 Å². The van der Waals surface area contributed by atoms with E-state index in [4.69, 9.17) is 4.99 Å². The highest BCUT2D eigenvalue weighted by molar-refractivity contribution is 6.26. The summed E-state index contributed by atoms with van der Waals surface area (Å²) in [4.78, 5) is 5.10. The van der Waals surface area contributed by atoms with E-state index in [1.165, 1.54) is 66.0 Å². The Bertz CT molecular complexity index is 2610. The van der Waals surface area contributed by atoms with Gasteiger partial charge in [-0.1, -0.05) is 129 Å². The van der Waals surface area contributed by atoms with E-state index in [0.717, 1.165) is 22.8 Å². The minimum Gasteiger partial charge on any atom is -0.359 e. The second-order valence-corrected chi connectivity index (χ2v) is 13.6. The fourth-order valence-electron chi connectivity index (χ4n) is 8.51.